The van der Waals surface area contributed by atoms with E-state index in [1.807, 2.05) is 19.1 Å². The molecule has 0 unspecified atom stereocenters. The summed E-state index contributed by atoms with van der Waals surface area (Å²) in [5.74, 6) is -0.298. The Bertz CT molecular complexity index is 588. The molecule has 1 saturated heterocycles. The summed E-state index contributed by atoms with van der Waals surface area (Å²) in [6, 6.07) is 0. The minimum Gasteiger partial charge on any atom is -0.478 e. The van der Waals surface area contributed by atoms with Gasteiger partial charge in [0.2, 0.25) is 0 Å². The van der Waals surface area contributed by atoms with E-state index < -0.39 is 12.1 Å². The zero-order valence-corrected chi connectivity index (χ0v) is 15.2. The van der Waals surface area contributed by atoms with E-state index in [0.29, 0.717) is 18.4 Å². The lowest BCUT2D eigenvalue weighted by molar-refractivity contribution is -0.133. The monoisotopic (exact) mass is 334 g/mol. The average Bonchev–Trinajstić information content (AvgIpc) is 3.30. The quantitative estimate of drug-likeness (QED) is 0.567. The van der Waals surface area contributed by atoms with Crippen molar-refractivity contribution in [1.82, 2.24) is 0 Å². The van der Waals surface area contributed by atoms with Crippen molar-refractivity contribution in [3.63, 3.8) is 0 Å². The zero-order chi connectivity index (χ0) is 17.7. The van der Waals surface area contributed by atoms with Gasteiger partial charge in [-0.1, -0.05) is 31.6 Å². The fourth-order valence-electron chi connectivity index (χ4n) is 4.41. The predicted octanol–water partition coefficient (Wildman–Crippen LogP) is 3.70. The second-order valence-corrected chi connectivity index (χ2v) is 8.68. The van der Waals surface area contributed by atoms with Gasteiger partial charge in [0.1, 0.15) is 0 Å². The van der Waals surface area contributed by atoms with Crippen molar-refractivity contribution in [2.75, 3.05) is 0 Å². The van der Waals surface area contributed by atoms with E-state index in [4.69, 9.17) is 4.74 Å². The molecule has 4 nitrogen and oxygen atoms in total. The number of fused-ring (bicyclic) bond motifs is 2. The number of ether oxygens (including phenoxy) is 1. The summed E-state index contributed by atoms with van der Waals surface area (Å²) in [6.45, 7) is 8.64. The van der Waals surface area contributed by atoms with Crippen molar-refractivity contribution in [2.45, 2.75) is 77.6 Å². The molecule has 2 aliphatic carbocycles. The third-order valence-electron chi connectivity index (χ3n) is 6.58. The van der Waals surface area contributed by atoms with E-state index in [2.05, 4.69) is 20.8 Å². The zero-order valence-electron chi connectivity index (χ0n) is 15.2. The van der Waals surface area contributed by atoms with Gasteiger partial charge in [0, 0.05) is 0 Å². The molecule has 1 saturated carbocycles. The Hall–Kier alpha value is -1.13. The molecule has 1 heterocycles. The van der Waals surface area contributed by atoms with Crippen molar-refractivity contribution in [1.29, 1.82) is 0 Å². The molecule has 0 aromatic heterocycles. The molecule has 0 amide bonds. The number of carboxylic acids is 1. The molecule has 0 aromatic rings. The number of hydrogen-bond donors (Lipinski definition) is 2. The minimum atomic E-state index is -1.00. The van der Waals surface area contributed by atoms with Crippen LogP contribution in [0.3, 0.4) is 0 Å². The van der Waals surface area contributed by atoms with E-state index in [-0.39, 0.29) is 22.5 Å². The van der Waals surface area contributed by atoms with E-state index in [9.17, 15) is 15.0 Å². The Balaban J connectivity index is 1.84. The second kappa shape index (κ2) is 5.99. The summed E-state index contributed by atoms with van der Waals surface area (Å²) < 4.78 is 5.96. The lowest BCUT2D eigenvalue weighted by atomic mass is 9.93. The first-order valence-corrected chi connectivity index (χ1v) is 9.11. The molecule has 4 heteroatoms. The molecule has 0 bridgehead atoms. The number of aliphatic hydroxyl groups excluding tert-OH is 1. The van der Waals surface area contributed by atoms with Crippen LogP contribution in [0.2, 0.25) is 0 Å². The third-order valence-corrected chi connectivity index (χ3v) is 6.58. The number of carbonyl (C=O) groups is 1. The fraction of sp³-hybridized carbons (Fsp3) is 0.750. The van der Waals surface area contributed by atoms with Gasteiger partial charge in [-0.05, 0) is 63.2 Å². The van der Waals surface area contributed by atoms with Crippen LogP contribution < -0.4 is 0 Å². The van der Waals surface area contributed by atoms with Crippen LogP contribution >= 0.6 is 0 Å². The Morgan fingerprint density at radius 3 is 2.67 bits per heavy atom. The summed E-state index contributed by atoms with van der Waals surface area (Å²) in [7, 11) is 0. The molecule has 0 spiro atoms. The highest BCUT2D eigenvalue weighted by molar-refractivity contribution is 5.87. The Morgan fingerprint density at radius 2 is 2.00 bits per heavy atom. The minimum absolute atomic E-state index is 0.00642. The highest BCUT2D eigenvalue weighted by atomic mass is 16.6. The number of aliphatic hydroxyl groups is 1. The van der Waals surface area contributed by atoms with Gasteiger partial charge in [0.05, 0.1) is 23.4 Å². The van der Waals surface area contributed by atoms with Crippen LogP contribution in [0.5, 0.6) is 0 Å². The van der Waals surface area contributed by atoms with Gasteiger partial charge < -0.3 is 14.9 Å². The largest absolute Gasteiger partial charge is 0.478 e. The van der Waals surface area contributed by atoms with Crippen LogP contribution in [-0.4, -0.2) is 34.0 Å². The lowest BCUT2D eigenvalue weighted by Crippen LogP contribution is -2.18. The number of carboxylic acid groups (broad SMARTS) is 1. The molecule has 3 rings (SSSR count). The summed E-state index contributed by atoms with van der Waals surface area (Å²) >= 11 is 0. The van der Waals surface area contributed by atoms with Gasteiger partial charge >= 0.3 is 5.97 Å². The molecule has 2 N–H and O–H groups in total. The second-order valence-electron chi connectivity index (χ2n) is 8.68. The average molecular weight is 334 g/mol. The SMILES string of the molecule is C/C1=C\C[C@H](O)/C(C(=O)O)=C/[C@@H]2[C@@H](CC[C@]3(C)O[C@@H]3CC1)C2(C)C. The number of epoxide rings is 1. The van der Waals surface area contributed by atoms with Gasteiger partial charge in [0.15, 0.2) is 0 Å². The molecular weight excluding hydrogens is 304 g/mol. The van der Waals surface area contributed by atoms with Crippen LogP contribution in [0.25, 0.3) is 0 Å². The molecule has 2 fully saturated rings. The van der Waals surface area contributed by atoms with Crippen molar-refractivity contribution >= 4 is 5.97 Å². The van der Waals surface area contributed by atoms with E-state index in [1.54, 1.807) is 0 Å². The van der Waals surface area contributed by atoms with E-state index in [1.165, 1.54) is 5.57 Å². The van der Waals surface area contributed by atoms with Crippen molar-refractivity contribution in [2.24, 2.45) is 17.3 Å². The van der Waals surface area contributed by atoms with Crippen LogP contribution in [0.4, 0.5) is 0 Å². The molecule has 5 atom stereocenters. The summed E-state index contributed by atoms with van der Waals surface area (Å²) in [4.78, 5) is 11.6. The number of rotatable bonds is 1. The molecule has 134 valence electrons. The van der Waals surface area contributed by atoms with Crippen LogP contribution in [-0.2, 0) is 9.53 Å². The molecule has 0 aromatic carbocycles. The fourth-order valence-corrected chi connectivity index (χ4v) is 4.41. The maximum Gasteiger partial charge on any atom is 0.333 e. The van der Waals surface area contributed by atoms with Gasteiger partial charge in [-0.2, -0.15) is 0 Å². The third kappa shape index (κ3) is 3.31. The first-order valence-electron chi connectivity index (χ1n) is 9.11. The van der Waals surface area contributed by atoms with Gasteiger partial charge in [-0.3, -0.25) is 0 Å². The molecule has 24 heavy (non-hydrogen) atoms. The van der Waals surface area contributed by atoms with E-state index >= 15 is 0 Å². The van der Waals surface area contributed by atoms with Gasteiger partial charge in [-0.25, -0.2) is 4.79 Å². The Labute approximate surface area is 144 Å². The standard InChI is InChI=1S/C20H30O4/c1-12-5-7-16(21)13(18(22)23)11-15-14(19(15,2)3)9-10-20(4)17(24-20)8-6-12/h5,11,14-17,21H,6-10H2,1-4H3,(H,22,23)/b12-5+,13-11-/t14-,15-,16+,17-,20+/m1/s1. The van der Waals surface area contributed by atoms with Gasteiger partial charge in [0.25, 0.3) is 0 Å². The number of allylic oxidation sites excluding steroid dienone is 2. The van der Waals surface area contributed by atoms with Crippen LogP contribution in [0.15, 0.2) is 23.3 Å². The topological polar surface area (TPSA) is 70.1 Å². The van der Waals surface area contributed by atoms with Crippen molar-refractivity contribution in [3.8, 4) is 0 Å². The van der Waals surface area contributed by atoms with Gasteiger partial charge in [-0.15, -0.1) is 0 Å². The van der Waals surface area contributed by atoms with Crippen molar-refractivity contribution < 1.29 is 19.7 Å². The maximum atomic E-state index is 11.6. The molecule has 0 radical (unpaired) electrons. The summed E-state index contributed by atoms with van der Waals surface area (Å²) in [5, 5.41) is 19.9. The Morgan fingerprint density at radius 1 is 1.29 bits per heavy atom. The van der Waals surface area contributed by atoms with Crippen LogP contribution in [0.1, 0.15) is 59.8 Å². The molecule has 3 aliphatic rings. The first-order chi connectivity index (χ1) is 11.1. The first kappa shape index (κ1) is 17.7. The summed E-state index contributed by atoms with van der Waals surface area (Å²) in [6.07, 6.45) is 7.61. The van der Waals surface area contributed by atoms with E-state index in [0.717, 1.165) is 25.7 Å². The molecular formula is C20H30O4. The summed E-state index contributed by atoms with van der Waals surface area (Å²) in [5.41, 5.74) is 1.46. The Kier molecular flexibility index (Phi) is 4.42. The predicted molar refractivity (Wildman–Crippen MR) is 92.6 cm³/mol. The maximum absolute atomic E-state index is 11.6. The lowest BCUT2D eigenvalue weighted by Gasteiger charge is -2.11. The molecule has 1 aliphatic heterocycles. The number of hydrogen-bond acceptors (Lipinski definition) is 3. The highest BCUT2D eigenvalue weighted by Crippen LogP contribution is 2.62. The number of aliphatic carboxylic acids is 1. The highest BCUT2D eigenvalue weighted by Gasteiger charge is 2.58. The normalized spacial score (nSPS) is 46.2. The van der Waals surface area contributed by atoms with Crippen LogP contribution in [0, 0.1) is 17.3 Å². The smallest absolute Gasteiger partial charge is 0.333 e. The van der Waals surface area contributed by atoms with Crippen molar-refractivity contribution in [3.05, 3.63) is 23.3 Å².